The number of amides is 1. The van der Waals surface area contributed by atoms with Gasteiger partial charge in [-0.2, -0.15) is 5.10 Å². The van der Waals surface area contributed by atoms with Crippen molar-refractivity contribution in [1.82, 2.24) is 10.3 Å². The standard InChI is InChI=1S/C26H29F2N3OS/c27-20-9-11-23(28)22(17-20)25-30-31(24(32)12-10-21-8-4-5-15-29-21)26(33-25)14-13-18-6-2-1-3-7-19(26)16-18/h1-3,7,9,11,16-18,21,29H,4-6,8,10,12-15H2/b2-1-,7-3-. The van der Waals surface area contributed by atoms with Gasteiger partial charge in [0.1, 0.15) is 21.5 Å². The van der Waals surface area contributed by atoms with Gasteiger partial charge < -0.3 is 5.32 Å². The van der Waals surface area contributed by atoms with Gasteiger partial charge in [-0.05, 0) is 74.8 Å². The molecule has 0 radical (unpaired) electrons. The number of nitrogens with one attached hydrogen (secondary N) is 1. The lowest BCUT2D eigenvalue weighted by Gasteiger charge is -2.41. The molecule has 1 fully saturated rings. The van der Waals surface area contributed by atoms with Gasteiger partial charge >= 0.3 is 0 Å². The third-order valence-corrected chi connectivity index (χ3v) is 8.44. The third-order valence-electron chi connectivity index (χ3n) is 6.99. The Kier molecular flexibility index (Phi) is 6.52. The zero-order valence-corrected chi connectivity index (χ0v) is 19.4. The van der Waals surface area contributed by atoms with Crippen molar-refractivity contribution in [3.63, 3.8) is 0 Å². The van der Waals surface area contributed by atoms with Crippen molar-refractivity contribution < 1.29 is 13.6 Å². The zero-order valence-electron chi connectivity index (χ0n) is 18.6. The lowest BCUT2D eigenvalue weighted by atomic mass is 9.83. The van der Waals surface area contributed by atoms with Gasteiger partial charge in [-0.15, -0.1) is 0 Å². The highest BCUT2D eigenvalue weighted by atomic mass is 32.2. The highest BCUT2D eigenvalue weighted by molar-refractivity contribution is 8.16. The lowest BCUT2D eigenvalue weighted by Crippen LogP contribution is -2.47. The van der Waals surface area contributed by atoms with Crippen LogP contribution in [0, 0.1) is 17.6 Å². The summed E-state index contributed by atoms with van der Waals surface area (Å²) in [6.45, 7) is 0.996. The van der Waals surface area contributed by atoms with Crippen LogP contribution in [0.5, 0.6) is 0 Å². The Labute approximate surface area is 197 Å². The fourth-order valence-electron chi connectivity index (χ4n) is 5.19. The van der Waals surface area contributed by atoms with Crippen molar-refractivity contribution in [1.29, 1.82) is 0 Å². The van der Waals surface area contributed by atoms with E-state index in [0.717, 1.165) is 56.4 Å². The first-order valence-electron chi connectivity index (χ1n) is 11.9. The van der Waals surface area contributed by atoms with E-state index >= 15 is 0 Å². The summed E-state index contributed by atoms with van der Waals surface area (Å²) in [4.78, 5) is 12.8. The Morgan fingerprint density at radius 3 is 3.00 bits per heavy atom. The molecule has 1 saturated heterocycles. The second kappa shape index (κ2) is 9.55. The number of rotatable bonds is 4. The number of hydrogen-bond donors (Lipinski definition) is 1. The predicted molar refractivity (Wildman–Crippen MR) is 129 cm³/mol. The fourth-order valence-corrected chi connectivity index (χ4v) is 6.60. The number of hydrogen-bond acceptors (Lipinski definition) is 4. The molecule has 7 heteroatoms. The molecule has 3 unspecified atom stereocenters. The van der Waals surface area contributed by atoms with E-state index in [0.29, 0.717) is 23.4 Å². The summed E-state index contributed by atoms with van der Waals surface area (Å²) >= 11 is 1.38. The summed E-state index contributed by atoms with van der Waals surface area (Å²) in [5.74, 6) is -0.703. The summed E-state index contributed by atoms with van der Waals surface area (Å²) in [6, 6.07) is 3.74. The number of halogens is 2. The van der Waals surface area contributed by atoms with Gasteiger partial charge in [0.05, 0.1) is 0 Å². The molecule has 0 saturated carbocycles. The quantitative estimate of drug-likeness (QED) is 0.618. The maximum atomic E-state index is 14.7. The molecule has 174 valence electrons. The molecule has 1 N–H and O–H groups in total. The number of hydrazone groups is 1. The molecule has 1 spiro atoms. The number of nitrogens with zero attached hydrogens (tertiary/aromatic N) is 2. The van der Waals surface area contributed by atoms with E-state index in [1.54, 1.807) is 5.01 Å². The summed E-state index contributed by atoms with van der Waals surface area (Å²) in [5, 5.41) is 10.1. The van der Waals surface area contributed by atoms with Gasteiger partial charge in [0, 0.05) is 18.0 Å². The maximum absolute atomic E-state index is 14.7. The summed E-state index contributed by atoms with van der Waals surface area (Å²) in [7, 11) is 0. The molecule has 0 aromatic heterocycles. The number of piperidine rings is 1. The van der Waals surface area contributed by atoms with Gasteiger partial charge in [0.2, 0.25) is 5.91 Å². The van der Waals surface area contributed by atoms with E-state index in [9.17, 15) is 13.6 Å². The number of benzene rings is 1. The van der Waals surface area contributed by atoms with Gasteiger partial charge in [-0.25, -0.2) is 13.8 Å². The highest BCUT2D eigenvalue weighted by Crippen LogP contribution is 2.52. The molecule has 33 heavy (non-hydrogen) atoms. The minimum Gasteiger partial charge on any atom is -0.314 e. The molecule has 1 amide bonds. The molecule has 2 aliphatic heterocycles. The largest absolute Gasteiger partial charge is 0.314 e. The molecule has 2 heterocycles. The normalized spacial score (nSPS) is 30.9. The average molecular weight is 470 g/mol. The summed E-state index contributed by atoms with van der Waals surface area (Å²) < 4.78 is 28.6. The van der Waals surface area contributed by atoms with Crippen LogP contribution in [0.2, 0.25) is 0 Å². The minimum atomic E-state index is -0.719. The second-order valence-corrected chi connectivity index (χ2v) is 10.5. The fraction of sp³-hybridized carbons (Fsp3) is 0.462. The van der Waals surface area contributed by atoms with E-state index in [-0.39, 0.29) is 11.5 Å². The molecule has 4 nitrogen and oxygen atoms in total. The number of carbonyl (C=O) groups excluding carboxylic acids is 1. The molecule has 5 rings (SSSR count). The van der Waals surface area contributed by atoms with Crippen LogP contribution in [0.4, 0.5) is 8.78 Å². The van der Waals surface area contributed by atoms with Gasteiger partial charge in [0.25, 0.3) is 0 Å². The summed E-state index contributed by atoms with van der Waals surface area (Å²) in [5.41, 5.74) is 1.13. The van der Waals surface area contributed by atoms with E-state index in [1.807, 2.05) is 18.2 Å². The van der Waals surface area contributed by atoms with Crippen LogP contribution in [0.15, 0.2) is 59.3 Å². The van der Waals surface area contributed by atoms with Gasteiger partial charge in [-0.1, -0.05) is 48.6 Å². The Morgan fingerprint density at radius 1 is 1.24 bits per heavy atom. The van der Waals surface area contributed by atoms with Crippen molar-refractivity contribution in [3.8, 4) is 0 Å². The first kappa shape index (κ1) is 22.5. The molecule has 1 aromatic carbocycles. The van der Waals surface area contributed by atoms with E-state index in [4.69, 9.17) is 0 Å². The van der Waals surface area contributed by atoms with Crippen LogP contribution in [-0.2, 0) is 4.79 Å². The SMILES string of the molecule is O=C(CCC1CCCCN1)N1N=C(c2cc(F)ccc2F)SC12CCC1C=C2/C=C\C=C/C1. The zero-order chi connectivity index (χ0) is 22.8. The van der Waals surface area contributed by atoms with Crippen LogP contribution in [0.25, 0.3) is 0 Å². The molecule has 3 atom stereocenters. The number of allylic oxidation sites excluding steroid dienone is 4. The first-order chi connectivity index (χ1) is 16.0. The average Bonchev–Trinajstić information content (AvgIpc) is 3.19. The minimum absolute atomic E-state index is 0.0629. The predicted octanol–water partition coefficient (Wildman–Crippen LogP) is 5.67. The van der Waals surface area contributed by atoms with Crippen molar-refractivity contribution in [3.05, 3.63) is 71.4 Å². The molecule has 2 bridgehead atoms. The van der Waals surface area contributed by atoms with Crippen LogP contribution in [-0.4, -0.2) is 33.4 Å². The van der Waals surface area contributed by atoms with Gasteiger partial charge in [-0.3, -0.25) is 4.79 Å². The second-order valence-electron chi connectivity index (χ2n) is 9.25. The van der Waals surface area contributed by atoms with Crippen LogP contribution in [0.3, 0.4) is 0 Å². The van der Waals surface area contributed by atoms with Crippen LogP contribution in [0.1, 0.15) is 56.9 Å². The maximum Gasteiger partial charge on any atom is 0.244 e. The number of thioether (sulfide) groups is 1. The molecule has 1 aromatic rings. The van der Waals surface area contributed by atoms with Crippen LogP contribution < -0.4 is 5.32 Å². The van der Waals surface area contributed by atoms with E-state index in [2.05, 4.69) is 22.6 Å². The van der Waals surface area contributed by atoms with Crippen molar-refractivity contribution in [2.75, 3.05) is 6.54 Å². The molecular formula is C26H29F2N3OS. The Hall–Kier alpha value is -2.25. The van der Waals surface area contributed by atoms with E-state index in [1.165, 1.54) is 30.7 Å². The number of carbonyl (C=O) groups is 1. The van der Waals surface area contributed by atoms with Crippen molar-refractivity contribution in [2.45, 2.75) is 62.3 Å². The highest BCUT2D eigenvalue weighted by Gasteiger charge is 2.51. The number of fused-ring (bicyclic) bond motifs is 2. The summed E-state index contributed by atoms with van der Waals surface area (Å²) in [6.07, 6.45) is 17.6. The van der Waals surface area contributed by atoms with Crippen molar-refractivity contribution in [2.24, 2.45) is 11.0 Å². The van der Waals surface area contributed by atoms with Crippen LogP contribution >= 0.6 is 11.8 Å². The monoisotopic (exact) mass is 469 g/mol. The Morgan fingerprint density at radius 2 is 2.15 bits per heavy atom. The molecular weight excluding hydrogens is 440 g/mol. The van der Waals surface area contributed by atoms with Gasteiger partial charge in [0.15, 0.2) is 0 Å². The van der Waals surface area contributed by atoms with Crippen molar-refractivity contribution >= 4 is 22.7 Å². The lowest BCUT2D eigenvalue weighted by molar-refractivity contribution is -0.134. The Balaban J connectivity index is 1.48. The molecule has 2 aliphatic carbocycles. The topological polar surface area (TPSA) is 44.7 Å². The third kappa shape index (κ3) is 4.58. The smallest absolute Gasteiger partial charge is 0.244 e. The Bertz CT molecular complexity index is 1040. The first-order valence-corrected chi connectivity index (χ1v) is 12.7. The molecule has 4 aliphatic rings. The van der Waals surface area contributed by atoms with E-state index < -0.39 is 16.5 Å².